The van der Waals surface area contributed by atoms with E-state index in [9.17, 15) is 10.2 Å². The number of fused-ring (bicyclic) bond motifs is 5. The van der Waals surface area contributed by atoms with E-state index in [4.69, 9.17) is 0 Å². The molecule has 2 heteroatoms. The minimum Gasteiger partial charge on any atom is -0.393 e. The lowest BCUT2D eigenvalue weighted by Crippen LogP contribution is -2.61. The average Bonchev–Trinajstić information content (AvgIpc) is 3.05. The monoisotopic (exact) mass is 402 g/mol. The van der Waals surface area contributed by atoms with Crippen LogP contribution in [0.25, 0.3) is 0 Å². The summed E-state index contributed by atoms with van der Waals surface area (Å²) in [5.41, 5.74) is 0.795. The van der Waals surface area contributed by atoms with E-state index in [1.807, 2.05) is 6.08 Å². The highest BCUT2D eigenvalue weighted by Crippen LogP contribution is 2.69. The lowest BCUT2D eigenvalue weighted by molar-refractivity contribution is -0.198. The minimum absolute atomic E-state index is 0.0972. The summed E-state index contributed by atoms with van der Waals surface area (Å²) < 4.78 is 0. The van der Waals surface area contributed by atoms with E-state index in [1.165, 1.54) is 44.9 Å². The third-order valence-electron chi connectivity index (χ3n) is 10.9. The van der Waals surface area contributed by atoms with Crippen LogP contribution in [-0.2, 0) is 0 Å². The Kier molecular flexibility index (Phi) is 6.01. The van der Waals surface area contributed by atoms with Crippen LogP contribution in [0.1, 0.15) is 86.0 Å². The summed E-state index contributed by atoms with van der Waals surface area (Å²) in [7, 11) is 0. The van der Waals surface area contributed by atoms with Crippen LogP contribution in [0.4, 0.5) is 0 Å². The molecule has 0 unspecified atom stereocenters. The van der Waals surface area contributed by atoms with Crippen molar-refractivity contribution in [3.8, 4) is 0 Å². The standard InChI is InChI=1S/C27H46O2/c1-6-19-23-16-17(2)11-13-27(23,5)22-12-14-26(4)20(18(3)8-7-15-28)9-10-21(26)24(22)25(19)29/h7-8,17-25,28-29H,6,9-16H2,1-5H3/b8-7+/t17-,18-,19-,20-,21+,22+,23+,24+,25-,26-,27-/m1/s1. The molecule has 0 bridgehead atoms. The molecule has 0 saturated heterocycles. The van der Waals surface area contributed by atoms with Gasteiger partial charge in [-0.1, -0.05) is 59.6 Å². The van der Waals surface area contributed by atoms with E-state index in [0.717, 1.165) is 24.2 Å². The van der Waals surface area contributed by atoms with Crippen LogP contribution in [0.3, 0.4) is 0 Å². The van der Waals surface area contributed by atoms with E-state index < -0.39 is 0 Å². The van der Waals surface area contributed by atoms with E-state index in [2.05, 4.69) is 40.7 Å². The molecule has 0 spiro atoms. The third kappa shape index (κ3) is 3.27. The molecule has 4 saturated carbocycles. The Morgan fingerprint density at radius 1 is 1.00 bits per heavy atom. The van der Waals surface area contributed by atoms with E-state index in [0.29, 0.717) is 40.4 Å². The first-order valence-corrected chi connectivity index (χ1v) is 12.7. The first kappa shape index (κ1) is 21.9. The average molecular weight is 403 g/mol. The van der Waals surface area contributed by atoms with Crippen LogP contribution < -0.4 is 0 Å². The number of rotatable bonds is 4. The summed E-state index contributed by atoms with van der Waals surface area (Å²) >= 11 is 0. The Morgan fingerprint density at radius 3 is 2.38 bits per heavy atom. The molecular formula is C27H46O2. The number of aliphatic hydroxyl groups is 2. The second-order valence-corrected chi connectivity index (χ2v) is 12.0. The Labute approximate surface area is 179 Å². The van der Waals surface area contributed by atoms with Gasteiger partial charge in [0.15, 0.2) is 0 Å². The van der Waals surface area contributed by atoms with Crippen molar-refractivity contribution in [2.75, 3.05) is 6.61 Å². The summed E-state index contributed by atoms with van der Waals surface area (Å²) in [6.45, 7) is 12.4. The van der Waals surface area contributed by atoms with E-state index >= 15 is 0 Å². The zero-order valence-electron chi connectivity index (χ0n) is 19.6. The van der Waals surface area contributed by atoms with Crippen molar-refractivity contribution < 1.29 is 10.2 Å². The third-order valence-corrected chi connectivity index (χ3v) is 10.9. The summed E-state index contributed by atoms with van der Waals surface area (Å²) in [5, 5.41) is 21.0. The van der Waals surface area contributed by atoms with Crippen LogP contribution in [-0.4, -0.2) is 22.9 Å². The molecule has 0 heterocycles. The van der Waals surface area contributed by atoms with Gasteiger partial charge in [0.25, 0.3) is 0 Å². The Bertz CT molecular complexity index is 614. The topological polar surface area (TPSA) is 40.5 Å². The van der Waals surface area contributed by atoms with Gasteiger partial charge in [-0.3, -0.25) is 0 Å². The van der Waals surface area contributed by atoms with E-state index in [-0.39, 0.29) is 12.7 Å². The highest BCUT2D eigenvalue weighted by Gasteiger charge is 2.64. The molecule has 4 fully saturated rings. The summed E-state index contributed by atoms with van der Waals surface area (Å²) in [5.74, 6) is 5.17. The maximum atomic E-state index is 11.8. The van der Waals surface area contributed by atoms with Crippen molar-refractivity contribution in [1.29, 1.82) is 0 Å². The maximum absolute atomic E-state index is 11.8. The van der Waals surface area contributed by atoms with Gasteiger partial charge in [-0.25, -0.2) is 0 Å². The Hall–Kier alpha value is -0.340. The summed E-state index contributed by atoms with van der Waals surface area (Å²) in [6, 6.07) is 0. The molecule has 0 amide bonds. The van der Waals surface area contributed by atoms with Gasteiger partial charge in [0.2, 0.25) is 0 Å². The zero-order valence-corrected chi connectivity index (χ0v) is 19.6. The van der Waals surface area contributed by atoms with Crippen LogP contribution in [0.2, 0.25) is 0 Å². The molecule has 0 aromatic heterocycles. The highest BCUT2D eigenvalue weighted by atomic mass is 16.3. The molecule has 29 heavy (non-hydrogen) atoms. The number of aliphatic hydroxyl groups excluding tert-OH is 2. The van der Waals surface area contributed by atoms with Gasteiger partial charge < -0.3 is 10.2 Å². The molecule has 11 atom stereocenters. The molecule has 4 aliphatic carbocycles. The number of allylic oxidation sites excluding steroid dienone is 1. The molecule has 0 aromatic rings. The SMILES string of the molecule is CC[C@H]1[C@@H](O)[C@@H]2[C@H](CC[C@]3(C)[C@@H]([C@H](C)/C=C/CO)CC[C@@H]23)[C@@]2(C)CC[C@@H](C)C[C@@H]12. The predicted octanol–water partition coefficient (Wildman–Crippen LogP) is 6.07. The first-order valence-electron chi connectivity index (χ1n) is 12.7. The molecular weight excluding hydrogens is 356 g/mol. The molecule has 0 aliphatic heterocycles. The fraction of sp³-hybridized carbons (Fsp3) is 0.926. The highest BCUT2D eigenvalue weighted by molar-refractivity contribution is 5.14. The summed E-state index contributed by atoms with van der Waals surface area (Å²) in [6.07, 6.45) is 14.6. The van der Waals surface area contributed by atoms with Crippen molar-refractivity contribution in [2.45, 2.75) is 92.1 Å². The van der Waals surface area contributed by atoms with Crippen LogP contribution in [0.5, 0.6) is 0 Å². The van der Waals surface area contributed by atoms with Crippen molar-refractivity contribution in [1.82, 2.24) is 0 Å². The van der Waals surface area contributed by atoms with Gasteiger partial charge in [-0.05, 0) is 96.7 Å². The molecule has 4 aliphatic rings. The minimum atomic E-state index is -0.0972. The fourth-order valence-electron chi connectivity index (χ4n) is 9.49. The molecule has 2 nitrogen and oxygen atoms in total. The number of hydrogen-bond donors (Lipinski definition) is 2. The smallest absolute Gasteiger partial charge is 0.0612 e. The van der Waals surface area contributed by atoms with Gasteiger partial charge in [0, 0.05) is 0 Å². The van der Waals surface area contributed by atoms with Gasteiger partial charge in [0.05, 0.1) is 12.7 Å². The molecule has 0 radical (unpaired) electrons. The largest absolute Gasteiger partial charge is 0.393 e. The van der Waals surface area contributed by atoms with Crippen LogP contribution in [0, 0.1) is 58.2 Å². The van der Waals surface area contributed by atoms with Crippen molar-refractivity contribution in [3.05, 3.63) is 12.2 Å². The molecule has 2 N–H and O–H groups in total. The van der Waals surface area contributed by atoms with Crippen molar-refractivity contribution >= 4 is 0 Å². The quantitative estimate of drug-likeness (QED) is 0.560. The van der Waals surface area contributed by atoms with Crippen LogP contribution in [0.15, 0.2) is 12.2 Å². The van der Waals surface area contributed by atoms with Gasteiger partial charge >= 0.3 is 0 Å². The first-order chi connectivity index (χ1) is 13.8. The normalized spacial score (nSPS) is 53.3. The number of hydrogen-bond acceptors (Lipinski definition) is 2. The van der Waals surface area contributed by atoms with Gasteiger partial charge in [-0.15, -0.1) is 0 Å². The Balaban J connectivity index is 1.66. The lowest BCUT2D eigenvalue weighted by Gasteiger charge is -2.65. The zero-order chi connectivity index (χ0) is 21.0. The molecule has 0 aromatic carbocycles. The van der Waals surface area contributed by atoms with Crippen LogP contribution >= 0.6 is 0 Å². The van der Waals surface area contributed by atoms with Gasteiger partial charge in [-0.2, -0.15) is 0 Å². The fourth-order valence-corrected chi connectivity index (χ4v) is 9.49. The summed E-state index contributed by atoms with van der Waals surface area (Å²) in [4.78, 5) is 0. The maximum Gasteiger partial charge on any atom is 0.0612 e. The van der Waals surface area contributed by atoms with Crippen molar-refractivity contribution in [3.63, 3.8) is 0 Å². The molecule has 4 rings (SSSR count). The molecule has 166 valence electrons. The second-order valence-electron chi connectivity index (χ2n) is 12.0. The lowest BCUT2D eigenvalue weighted by atomic mass is 9.41. The second kappa shape index (κ2) is 7.97. The predicted molar refractivity (Wildman–Crippen MR) is 120 cm³/mol. The van der Waals surface area contributed by atoms with E-state index in [1.54, 1.807) is 0 Å². The Morgan fingerprint density at radius 2 is 1.69 bits per heavy atom. The van der Waals surface area contributed by atoms with Crippen molar-refractivity contribution in [2.24, 2.45) is 58.2 Å². The van der Waals surface area contributed by atoms with Gasteiger partial charge in [0.1, 0.15) is 0 Å².